The molecule has 0 spiro atoms. The highest BCUT2D eigenvalue weighted by Crippen LogP contribution is 2.26. The zero-order chi connectivity index (χ0) is 24.7. The quantitative estimate of drug-likeness (QED) is 0.254. The minimum Gasteiger partial charge on any atom is -0.489 e. The number of nitrogens with two attached hydrogens (primary N) is 1. The molecule has 3 aromatic carbocycles. The number of benzene rings is 3. The summed E-state index contributed by atoms with van der Waals surface area (Å²) in [6.07, 6.45) is 1.51. The molecule has 2 heterocycles. The van der Waals surface area contributed by atoms with Crippen LogP contribution in [0, 0.1) is 0 Å². The van der Waals surface area contributed by atoms with Crippen LogP contribution in [0.4, 0.5) is 5.82 Å². The van der Waals surface area contributed by atoms with Gasteiger partial charge >= 0.3 is 0 Å². The van der Waals surface area contributed by atoms with Crippen LogP contribution < -0.4 is 15.9 Å². The van der Waals surface area contributed by atoms with Crippen molar-refractivity contribution in [3.8, 4) is 22.8 Å². The number of nitrogens with one attached hydrogen (secondary N) is 1. The SMILES string of the molecule is Nc1nonc1-n1nnc(C(=O)NN=Cc2cccc(OCc3ccccc3)c2)c1-c1ccccc1. The van der Waals surface area contributed by atoms with Gasteiger partial charge in [0, 0.05) is 5.56 Å². The van der Waals surface area contributed by atoms with Crippen molar-refractivity contribution in [3.63, 3.8) is 0 Å². The van der Waals surface area contributed by atoms with Crippen LogP contribution in [-0.2, 0) is 6.61 Å². The number of hydrazone groups is 1. The Balaban J connectivity index is 1.32. The molecule has 0 saturated heterocycles. The van der Waals surface area contributed by atoms with Gasteiger partial charge in [-0.15, -0.1) is 5.10 Å². The fourth-order valence-electron chi connectivity index (χ4n) is 3.42. The largest absolute Gasteiger partial charge is 0.489 e. The van der Waals surface area contributed by atoms with Gasteiger partial charge in [-0.1, -0.05) is 78.0 Å². The predicted octanol–water partition coefficient (Wildman–Crippen LogP) is 3.24. The molecular weight excluding hydrogens is 460 g/mol. The van der Waals surface area contributed by atoms with Gasteiger partial charge in [0.15, 0.2) is 5.69 Å². The lowest BCUT2D eigenvalue weighted by atomic mass is 10.1. The van der Waals surface area contributed by atoms with Gasteiger partial charge in [0.25, 0.3) is 5.91 Å². The van der Waals surface area contributed by atoms with Crippen LogP contribution in [0.1, 0.15) is 21.6 Å². The first kappa shape index (κ1) is 22.5. The van der Waals surface area contributed by atoms with E-state index in [0.717, 1.165) is 11.1 Å². The van der Waals surface area contributed by atoms with E-state index in [1.54, 1.807) is 12.1 Å². The average Bonchev–Trinajstić information content (AvgIpc) is 3.55. The first-order valence-corrected chi connectivity index (χ1v) is 10.9. The zero-order valence-corrected chi connectivity index (χ0v) is 18.9. The number of hydrogen-bond acceptors (Lipinski definition) is 9. The number of aromatic nitrogens is 5. The van der Waals surface area contributed by atoms with Crippen molar-refractivity contribution in [2.45, 2.75) is 6.61 Å². The first-order chi connectivity index (χ1) is 17.7. The van der Waals surface area contributed by atoms with Crippen LogP contribution in [0.2, 0.25) is 0 Å². The predicted molar refractivity (Wildman–Crippen MR) is 131 cm³/mol. The minimum absolute atomic E-state index is 0.0106. The van der Waals surface area contributed by atoms with Crippen molar-refractivity contribution >= 4 is 17.9 Å². The van der Waals surface area contributed by atoms with Gasteiger partial charge < -0.3 is 10.5 Å². The zero-order valence-electron chi connectivity index (χ0n) is 18.9. The Kier molecular flexibility index (Phi) is 6.43. The topological polar surface area (TPSA) is 146 Å². The Hall–Kier alpha value is -5.32. The van der Waals surface area contributed by atoms with Gasteiger partial charge in [-0.2, -0.15) is 9.78 Å². The highest BCUT2D eigenvalue weighted by atomic mass is 16.6. The van der Waals surface area contributed by atoms with Crippen LogP contribution in [-0.4, -0.2) is 37.4 Å². The summed E-state index contributed by atoms with van der Waals surface area (Å²) in [5.74, 6) is 0.248. The smallest absolute Gasteiger partial charge is 0.294 e. The molecule has 5 aromatic rings. The summed E-state index contributed by atoms with van der Waals surface area (Å²) >= 11 is 0. The molecule has 0 bridgehead atoms. The van der Waals surface area contributed by atoms with Crippen LogP contribution >= 0.6 is 0 Å². The van der Waals surface area contributed by atoms with Crippen molar-refractivity contribution in [1.29, 1.82) is 0 Å². The van der Waals surface area contributed by atoms with E-state index in [0.29, 0.717) is 23.6 Å². The van der Waals surface area contributed by atoms with Crippen LogP contribution in [0.5, 0.6) is 5.75 Å². The Bertz CT molecular complexity index is 1500. The second kappa shape index (κ2) is 10.3. The molecule has 36 heavy (non-hydrogen) atoms. The number of amides is 1. The van der Waals surface area contributed by atoms with Crippen molar-refractivity contribution < 1.29 is 14.2 Å². The third-order valence-corrected chi connectivity index (χ3v) is 5.11. The summed E-state index contributed by atoms with van der Waals surface area (Å²) in [6.45, 7) is 0.446. The Morgan fingerprint density at radius 1 is 1.03 bits per heavy atom. The Labute approximate surface area is 205 Å². The Morgan fingerprint density at radius 2 is 1.81 bits per heavy atom. The molecule has 11 nitrogen and oxygen atoms in total. The third kappa shape index (κ3) is 4.94. The molecule has 0 radical (unpaired) electrons. The molecular formula is C25H20N8O3. The molecule has 11 heteroatoms. The number of nitrogen functional groups attached to an aromatic ring is 1. The number of carbonyl (C=O) groups excluding carboxylic acids is 1. The maximum Gasteiger partial charge on any atom is 0.294 e. The van der Waals surface area contributed by atoms with E-state index in [2.05, 4.69) is 35.8 Å². The average molecular weight is 480 g/mol. The lowest BCUT2D eigenvalue weighted by Crippen LogP contribution is -2.19. The molecule has 0 saturated carbocycles. The number of carbonyl (C=O) groups is 1. The van der Waals surface area contributed by atoms with Crippen LogP contribution in [0.15, 0.2) is 94.7 Å². The number of rotatable bonds is 8. The highest BCUT2D eigenvalue weighted by molar-refractivity contribution is 5.98. The van der Waals surface area contributed by atoms with Gasteiger partial charge in [-0.3, -0.25) is 4.79 Å². The van der Waals surface area contributed by atoms with Gasteiger partial charge in [-0.25, -0.2) is 10.1 Å². The molecule has 178 valence electrons. The summed E-state index contributed by atoms with van der Waals surface area (Å²) < 4.78 is 11.8. The summed E-state index contributed by atoms with van der Waals surface area (Å²) in [5, 5.41) is 19.5. The normalized spacial score (nSPS) is 11.0. The van der Waals surface area contributed by atoms with E-state index in [4.69, 9.17) is 10.5 Å². The lowest BCUT2D eigenvalue weighted by molar-refractivity contribution is 0.0950. The van der Waals surface area contributed by atoms with E-state index < -0.39 is 5.91 Å². The van der Waals surface area contributed by atoms with E-state index in [1.807, 2.05) is 72.8 Å². The Morgan fingerprint density at radius 3 is 2.56 bits per heavy atom. The lowest BCUT2D eigenvalue weighted by Gasteiger charge is -2.07. The summed E-state index contributed by atoms with van der Waals surface area (Å²) in [6, 6.07) is 26.3. The van der Waals surface area contributed by atoms with Crippen molar-refractivity contribution in [2.24, 2.45) is 5.10 Å². The third-order valence-electron chi connectivity index (χ3n) is 5.11. The van der Waals surface area contributed by atoms with Gasteiger partial charge in [0.2, 0.25) is 11.6 Å². The fraction of sp³-hybridized carbons (Fsp3) is 0.0400. The minimum atomic E-state index is -0.567. The molecule has 0 aliphatic rings. The summed E-state index contributed by atoms with van der Waals surface area (Å²) in [4.78, 5) is 13.0. The van der Waals surface area contributed by atoms with Gasteiger partial charge in [-0.05, 0) is 33.6 Å². The molecule has 2 aromatic heterocycles. The van der Waals surface area contributed by atoms with Crippen molar-refractivity contribution in [3.05, 3.63) is 102 Å². The molecule has 5 rings (SSSR count). The van der Waals surface area contributed by atoms with E-state index >= 15 is 0 Å². The highest BCUT2D eigenvalue weighted by Gasteiger charge is 2.24. The van der Waals surface area contributed by atoms with E-state index in [1.165, 1.54) is 10.9 Å². The summed E-state index contributed by atoms with van der Waals surface area (Å²) in [7, 11) is 0. The fourth-order valence-corrected chi connectivity index (χ4v) is 3.42. The van der Waals surface area contributed by atoms with Crippen LogP contribution in [0.3, 0.4) is 0 Å². The molecule has 0 unspecified atom stereocenters. The van der Waals surface area contributed by atoms with E-state index in [-0.39, 0.29) is 17.3 Å². The maximum absolute atomic E-state index is 13.0. The molecule has 3 N–H and O–H groups in total. The first-order valence-electron chi connectivity index (χ1n) is 10.9. The number of hydrogen-bond donors (Lipinski definition) is 2. The molecule has 0 aliphatic heterocycles. The number of anilines is 1. The monoisotopic (exact) mass is 480 g/mol. The van der Waals surface area contributed by atoms with Gasteiger partial charge in [0.05, 0.1) is 6.21 Å². The number of ether oxygens (including phenoxy) is 1. The maximum atomic E-state index is 13.0. The van der Waals surface area contributed by atoms with E-state index in [9.17, 15) is 4.79 Å². The van der Waals surface area contributed by atoms with Gasteiger partial charge in [0.1, 0.15) is 18.1 Å². The molecule has 0 fully saturated rings. The second-order valence-electron chi connectivity index (χ2n) is 7.58. The number of nitrogens with zero attached hydrogens (tertiary/aromatic N) is 6. The second-order valence-corrected chi connectivity index (χ2v) is 7.58. The standard InChI is InChI=1S/C25H20N8O3/c26-23-24(31-36-30-23)33-22(19-11-5-2-6-12-19)21(28-32-33)25(34)29-27-15-18-10-7-13-20(14-18)35-16-17-8-3-1-4-9-17/h1-15H,16H2,(H2,26,30)(H,29,34). The summed E-state index contributed by atoms with van der Waals surface area (Å²) in [5.41, 5.74) is 11.2. The molecule has 0 atom stereocenters. The van der Waals surface area contributed by atoms with Crippen LogP contribution in [0.25, 0.3) is 17.1 Å². The van der Waals surface area contributed by atoms with Crippen molar-refractivity contribution in [2.75, 3.05) is 5.73 Å². The van der Waals surface area contributed by atoms with Crippen molar-refractivity contribution in [1.82, 2.24) is 30.7 Å². The molecule has 1 amide bonds. The molecule has 0 aliphatic carbocycles.